The van der Waals surface area contributed by atoms with Crippen molar-refractivity contribution in [2.45, 2.75) is 86.6 Å². The summed E-state index contributed by atoms with van der Waals surface area (Å²) in [5.74, 6) is -0.381. The fourth-order valence-electron chi connectivity index (χ4n) is 3.30. The number of carbonyl (C=O) groups is 2. The van der Waals surface area contributed by atoms with Crippen LogP contribution in [-0.2, 0) is 27.2 Å². The first-order valence-electron chi connectivity index (χ1n) is 12.9. The van der Waals surface area contributed by atoms with Gasteiger partial charge in [0.15, 0.2) is 0 Å². The van der Waals surface area contributed by atoms with Gasteiger partial charge in [-0.05, 0) is 57.2 Å². The van der Waals surface area contributed by atoms with Gasteiger partial charge in [0.2, 0.25) is 5.91 Å². The molecule has 0 bridgehead atoms. The minimum Gasteiger partial charge on any atom is -0.480 e. The third-order valence-electron chi connectivity index (χ3n) is 4.98. The lowest BCUT2D eigenvalue weighted by molar-refractivity contribution is -0.141. The first-order valence-corrected chi connectivity index (χ1v) is 12.9. The molecule has 0 spiro atoms. The predicted molar refractivity (Wildman–Crippen MR) is 142 cm³/mol. The number of carboxylic acids is 1. The standard InChI is InChI=1S/C22H38N4O4.2C2H6/c1-5-18-10-11-19(25-21(18)23-4)9-7-8-13-26(15-16-30-6-2)14-12-20(22(28)29)24-17(3)27;2*1-2/h10-11,20H,5-9,12-16H2,1-4H3,(H,23,25)(H,24,27)(H,28,29);2*1-2H3. The molecule has 34 heavy (non-hydrogen) atoms. The van der Waals surface area contributed by atoms with Crippen LogP contribution in [0.4, 0.5) is 5.82 Å². The van der Waals surface area contributed by atoms with E-state index >= 15 is 0 Å². The molecule has 0 saturated carbocycles. The summed E-state index contributed by atoms with van der Waals surface area (Å²) in [7, 11) is 1.90. The van der Waals surface area contributed by atoms with Gasteiger partial charge in [0.1, 0.15) is 11.9 Å². The molecule has 1 rings (SSSR count). The second-order valence-corrected chi connectivity index (χ2v) is 7.29. The smallest absolute Gasteiger partial charge is 0.326 e. The number of aromatic nitrogens is 1. The van der Waals surface area contributed by atoms with Gasteiger partial charge in [0, 0.05) is 39.4 Å². The van der Waals surface area contributed by atoms with E-state index in [-0.39, 0.29) is 5.91 Å². The van der Waals surface area contributed by atoms with Crippen LogP contribution in [0.3, 0.4) is 0 Å². The van der Waals surface area contributed by atoms with E-state index in [4.69, 9.17) is 9.72 Å². The lowest BCUT2D eigenvalue weighted by Gasteiger charge is -2.24. The number of aryl methyl sites for hydroxylation is 2. The van der Waals surface area contributed by atoms with Gasteiger partial charge in [-0.25, -0.2) is 9.78 Å². The van der Waals surface area contributed by atoms with Crippen molar-refractivity contribution in [1.29, 1.82) is 0 Å². The van der Waals surface area contributed by atoms with Crippen molar-refractivity contribution in [3.8, 4) is 0 Å². The first kappa shape index (κ1) is 34.0. The summed E-state index contributed by atoms with van der Waals surface area (Å²) >= 11 is 0. The summed E-state index contributed by atoms with van der Waals surface area (Å²) in [6.45, 7) is 16.9. The maximum absolute atomic E-state index is 11.4. The highest BCUT2D eigenvalue weighted by molar-refractivity contribution is 5.82. The van der Waals surface area contributed by atoms with Crippen LogP contribution in [0.15, 0.2) is 12.1 Å². The Labute approximate surface area is 207 Å². The van der Waals surface area contributed by atoms with Gasteiger partial charge in [-0.1, -0.05) is 40.7 Å². The quantitative estimate of drug-likeness (QED) is 0.300. The largest absolute Gasteiger partial charge is 0.480 e. The van der Waals surface area contributed by atoms with E-state index in [2.05, 4.69) is 34.6 Å². The first-order chi connectivity index (χ1) is 16.4. The van der Waals surface area contributed by atoms with Crippen LogP contribution >= 0.6 is 0 Å². The number of amides is 1. The second kappa shape index (κ2) is 22.6. The van der Waals surface area contributed by atoms with Crippen LogP contribution in [0.25, 0.3) is 0 Å². The van der Waals surface area contributed by atoms with E-state index in [9.17, 15) is 14.7 Å². The summed E-state index contributed by atoms with van der Waals surface area (Å²) in [4.78, 5) is 29.5. The van der Waals surface area contributed by atoms with Crippen molar-refractivity contribution in [3.63, 3.8) is 0 Å². The molecule has 8 nitrogen and oxygen atoms in total. The number of unbranched alkanes of at least 4 members (excludes halogenated alkanes) is 1. The number of nitrogens with one attached hydrogen (secondary N) is 2. The maximum atomic E-state index is 11.4. The zero-order chi connectivity index (χ0) is 26.4. The SMILES string of the molecule is CC.CC.CCOCCN(CCCCc1ccc(CC)c(NC)n1)CCC(NC(C)=O)C(=O)O. The zero-order valence-electron chi connectivity index (χ0n) is 22.9. The van der Waals surface area contributed by atoms with E-state index in [1.54, 1.807) is 0 Å². The molecule has 1 heterocycles. The molecular weight excluding hydrogens is 432 g/mol. The topological polar surface area (TPSA) is 104 Å². The van der Waals surface area contributed by atoms with Crippen molar-refractivity contribution in [2.75, 3.05) is 45.2 Å². The van der Waals surface area contributed by atoms with E-state index in [0.29, 0.717) is 26.2 Å². The van der Waals surface area contributed by atoms with Crippen molar-refractivity contribution in [2.24, 2.45) is 0 Å². The molecule has 0 aromatic carbocycles. The van der Waals surface area contributed by atoms with Gasteiger partial charge in [-0.2, -0.15) is 0 Å². The summed E-state index contributed by atoms with van der Waals surface area (Å²) in [5, 5.41) is 15.0. The second-order valence-electron chi connectivity index (χ2n) is 7.29. The van der Waals surface area contributed by atoms with Gasteiger partial charge < -0.3 is 25.4 Å². The molecule has 1 atom stereocenters. The molecular formula is C26H50N4O4. The summed E-state index contributed by atoms with van der Waals surface area (Å²) in [5.41, 5.74) is 2.30. The molecule has 1 amide bonds. The van der Waals surface area contributed by atoms with Gasteiger partial charge in [-0.3, -0.25) is 4.79 Å². The molecule has 1 unspecified atom stereocenters. The van der Waals surface area contributed by atoms with E-state index in [1.807, 2.05) is 41.7 Å². The Bertz CT molecular complexity index is 656. The van der Waals surface area contributed by atoms with Gasteiger partial charge in [-0.15, -0.1) is 0 Å². The number of carboxylic acid groups (broad SMARTS) is 1. The number of aliphatic carboxylic acids is 1. The monoisotopic (exact) mass is 482 g/mol. The molecule has 1 aromatic heterocycles. The normalized spacial score (nSPS) is 11.0. The van der Waals surface area contributed by atoms with Crippen LogP contribution in [0.5, 0.6) is 0 Å². The Hall–Kier alpha value is -2.19. The molecule has 0 radical (unpaired) electrons. The molecule has 0 saturated heterocycles. The molecule has 0 aliphatic carbocycles. The third kappa shape index (κ3) is 15.6. The Morgan fingerprint density at radius 1 is 1.09 bits per heavy atom. The van der Waals surface area contributed by atoms with Gasteiger partial charge in [0.05, 0.1) is 6.61 Å². The van der Waals surface area contributed by atoms with E-state index in [1.165, 1.54) is 12.5 Å². The lowest BCUT2D eigenvalue weighted by Crippen LogP contribution is -2.42. The third-order valence-corrected chi connectivity index (χ3v) is 4.98. The highest BCUT2D eigenvalue weighted by atomic mass is 16.5. The molecule has 1 aromatic rings. The van der Waals surface area contributed by atoms with Crippen molar-refractivity contribution < 1.29 is 19.4 Å². The number of anilines is 1. The predicted octanol–water partition coefficient (Wildman–Crippen LogP) is 4.38. The van der Waals surface area contributed by atoms with Crippen LogP contribution in [-0.4, -0.2) is 72.8 Å². The van der Waals surface area contributed by atoms with E-state index < -0.39 is 12.0 Å². The number of rotatable bonds is 16. The molecule has 0 aliphatic rings. The number of pyridine rings is 1. The molecule has 198 valence electrons. The average molecular weight is 483 g/mol. The van der Waals surface area contributed by atoms with Crippen molar-refractivity contribution in [3.05, 3.63) is 23.4 Å². The Morgan fingerprint density at radius 3 is 2.29 bits per heavy atom. The zero-order valence-corrected chi connectivity index (χ0v) is 22.9. The minimum atomic E-state index is -1.00. The highest BCUT2D eigenvalue weighted by Crippen LogP contribution is 2.15. The number of carbonyl (C=O) groups excluding carboxylic acids is 1. The molecule has 3 N–H and O–H groups in total. The molecule has 8 heteroatoms. The Morgan fingerprint density at radius 2 is 1.76 bits per heavy atom. The Kier molecular flexibility index (Phi) is 22.6. The van der Waals surface area contributed by atoms with Crippen LogP contribution < -0.4 is 10.6 Å². The van der Waals surface area contributed by atoms with E-state index in [0.717, 1.165) is 50.3 Å². The van der Waals surface area contributed by atoms with Gasteiger partial charge in [0.25, 0.3) is 0 Å². The summed E-state index contributed by atoms with van der Waals surface area (Å²) in [6, 6.07) is 3.37. The highest BCUT2D eigenvalue weighted by Gasteiger charge is 2.19. The fraction of sp³-hybridized carbons (Fsp3) is 0.731. The van der Waals surface area contributed by atoms with Crippen LogP contribution in [0.1, 0.15) is 79.0 Å². The number of ether oxygens (including phenoxy) is 1. The van der Waals surface area contributed by atoms with Crippen molar-refractivity contribution in [1.82, 2.24) is 15.2 Å². The molecule has 0 aliphatic heterocycles. The lowest BCUT2D eigenvalue weighted by atomic mass is 10.1. The van der Waals surface area contributed by atoms with Crippen LogP contribution in [0, 0.1) is 0 Å². The molecule has 0 fully saturated rings. The van der Waals surface area contributed by atoms with Gasteiger partial charge >= 0.3 is 5.97 Å². The summed E-state index contributed by atoms with van der Waals surface area (Å²) < 4.78 is 5.46. The van der Waals surface area contributed by atoms with Crippen molar-refractivity contribution >= 4 is 17.7 Å². The van der Waals surface area contributed by atoms with Crippen LogP contribution in [0.2, 0.25) is 0 Å². The number of nitrogens with zero attached hydrogens (tertiary/aromatic N) is 2. The number of hydrogen-bond acceptors (Lipinski definition) is 6. The fourth-order valence-corrected chi connectivity index (χ4v) is 3.30. The maximum Gasteiger partial charge on any atom is 0.326 e. The Balaban J connectivity index is 0. The average Bonchev–Trinajstić information content (AvgIpc) is 2.85. The minimum absolute atomic E-state index is 0.328. The number of hydrogen-bond donors (Lipinski definition) is 3. The summed E-state index contributed by atoms with van der Waals surface area (Å²) in [6.07, 6.45) is 4.21.